The molecule has 0 saturated carbocycles. The van der Waals surface area contributed by atoms with Crippen molar-refractivity contribution in [3.8, 4) is 0 Å². The van der Waals surface area contributed by atoms with Gasteiger partial charge in [0, 0.05) is 12.8 Å². The fraction of sp³-hybridized carbons (Fsp3) is 0.600. The molecule has 0 aliphatic carbocycles. The number of hydrogen-bond acceptors (Lipinski definition) is 4. The van der Waals surface area contributed by atoms with Gasteiger partial charge in [0.2, 0.25) is 0 Å². The predicted molar refractivity (Wildman–Crippen MR) is 63.9 cm³/mol. The van der Waals surface area contributed by atoms with E-state index in [1.165, 1.54) is 10.8 Å². The van der Waals surface area contributed by atoms with E-state index in [1.54, 1.807) is 0 Å². The predicted octanol–water partition coefficient (Wildman–Crippen LogP) is 0.359. The molecule has 1 aromatic rings. The summed E-state index contributed by atoms with van der Waals surface area (Å²) in [5.41, 5.74) is -0.927. The highest BCUT2D eigenvalue weighted by Gasteiger charge is 2.27. The molecule has 1 saturated heterocycles. The van der Waals surface area contributed by atoms with Gasteiger partial charge in [-0.05, 0) is 35.2 Å². The van der Waals surface area contributed by atoms with Gasteiger partial charge >= 0.3 is 5.69 Å². The van der Waals surface area contributed by atoms with E-state index in [2.05, 4.69) is 20.9 Å². The lowest BCUT2D eigenvalue weighted by Crippen LogP contribution is -2.32. The maximum absolute atomic E-state index is 11.6. The summed E-state index contributed by atoms with van der Waals surface area (Å²) in [5.74, 6) is 0. The molecule has 7 heteroatoms. The van der Waals surface area contributed by atoms with Gasteiger partial charge in [0.25, 0.3) is 5.56 Å². The number of aliphatic hydroxyl groups excluding tert-OH is 1. The van der Waals surface area contributed by atoms with Crippen molar-refractivity contribution in [2.45, 2.75) is 31.6 Å². The first-order chi connectivity index (χ1) is 8.11. The van der Waals surface area contributed by atoms with E-state index < -0.39 is 11.2 Å². The molecule has 0 spiro atoms. The molecule has 1 aromatic heterocycles. The molecule has 0 radical (unpaired) electrons. The maximum Gasteiger partial charge on any atom is 0.330 e. The van der Waals surface area contributed by atoms with Crippen LogP contribution in [0.3, 0.4) is 0 Å². The van der Waals surface area contributed by atoms with Gasteiger partial charge in [-0.15, -0.1) is 0 Å². The minimum Gasteiger partial charge on any atom is -0.396 e. The Morgan fingerprint density at radius 2 is 2.29 bits per heavy atom. The van der Waals surface area contributed by atoms with Crippen molar-refractivity contribution in [1.29, 1.82) is 0 Å². The average Bonchev–Trinajstić information content (AvgIpc) is 2.72. The minimum atomic E-state index is -0.479. The molecular formula is C10H13BrN2O4. The molecule has 0 amide bonds. The molecule has 1 fully saturated rings. The van der Waals surface area contributed by atoms with Crippen LogP contribution in [0.25, 0.3) is 0 Å². The van der Waals surface area contributed by atoms with Crippen LogP contribution in [0.4, 0.5) is 0 Å². The lowest BCUT2D eigenvalue weighted by atomic mass is 10.2. The fourth-order valence-electron chi connectivity index (χ4n) is 1.92. The third kappa shape index (κ3) is 2.67. The molecule has 1 aliphatic heterocycles. The van der Waals surface area contributed by atoms with Gasteiger partial charge in [-0.25, -0.2) is 4.79 Å². The lowest BCUT2D eigenvalue weighted by Gasteiger charge is -2.15. The number of nitrogens with one attached hydrogen (secondary N) is 1. The van der Waals surface area contributed by atoms with E-state index in [0.717, 1.165) is 6.42 Å². The summed E-state index contributed by atoms with van der Waals surface area (Å²) in [6, 6.07) is 0. The van der Waals surface area contributed by atoms with E-state index in [4.69, 9.17) is 9.84 Å². The Morgan fingerprint density at radius 3 is 3.00 bits per heavy atom. The number of H-pyrrole nitrogens is 1. The van der Waals surface area contributed by atoms with Crippen LogP contribution >= 0.6 is 15.9 Å². The number of ether oxygens (including phenoxy) is 1. The number of rotatable bonds is 3. The van der Waals surface area contributed by atoms with Crippen molar-refractivity contribution < 1.29 is 9.84 Å². The van der Waals surface area contributed by atoms with Gasteiger partial charge in [0.15, 0.2) is 0 Å². The first-order valence-electron chi connectivity index (χ1n) is 5.39. The molecule has 94 valence electrons. The summed E-state index contributed by atoms with van der Waals surface area (Å²) >= 11 is 3.07. The highest BCUT2D eigenvalue weighted by molar-refractivity contribution is 9.10. The van der Waals surface area contributed by atoms with Crippen LogP contribution in [0.5, 0.6) is 0 Å². The zero-order valence-electron chi connectivity index (χ0n) is 9.06. The number of aromatic nitrogens is 2. The molecule has 6 nitrogen and oxygen atoms in total. The minimum absolute atomic E-state index is 0.0254. The molecule has 2 atom stereocenters. The maximum atomic E-state index is 11.6. The van der Waals surface area contributed by atoms with Crippen LogP contribution in [0, 0.1) is 0 Å². The zero-order chi connectivity index (χ0) is 12.4. The lowest BCUT2D eigenvalue weighted by molar-refractivity contribution is -0.0103. The molecule has 2 unspecified atom stereocenters. The zero-order valence-corrected chi connectivity index (χ0v) is 10.6. The first kappa shape index (κ1) is 12.5. The van der Waals surface area contributed by atoms with E-state index in [9.17, 15) is 9.59 Å². The van der Waals surface area contributed by atoms with Gasteiger partial charge in [0.05, 0.1) is 10.6 Å². The number of halogens is 1. The Hall–Kier alpha value is -0.920. The number of nitrogens with zero attached hydrogens (tertiary/aromatic N) is 1. The molecule has 1 aliphatic rings. The normalized spacial score (nSPS) is 24.1. The Kier molecular flexibility index (Phi) is 3.80. The van der Waals surface area contributed by atoms with Crippen molar-refractivity contribution in [3.63, 3.8) is 0 Å². The van der Waals surface area contributed by atoms with Crippen LogP contribution < -0.4 is 11.2 Å². The van der Waals surface area contributed by atoms with E-state index in [-0.39, 0.29) is 18.9 Å². The topological polar surface area (TPSA) is 84.3 Å². The van der Waals surface area contributed by atoms with Crippen LogP contribution in [0.15, 0.2) is 20.3 Å². The first-order valence-corrected chi connectivity index (χ1v) is 6.18. The summed E-state index contributed by atoms with van der Waals surface area (Å²) in [5, 5.41) is 8.82. The quantitative estimate of drug-likeness (QED) is 0.844. The molecular weight excluding hydrogens is 292 g/mol. The van der Waals surface area contributed by atoms with Crippen LogP contribution in [0.2, 0.25) is 0 Å². The standard InChI is InChI=1S/C10H13BrN2O4/c11-7-5-13(10(16)12-9(7)15)8-2-1-6(17-8)3-4-14/h5-6,8,14H,1-4H2,(H,12,15,16). The van der Waals surface area contributed by atoms with Gasteiger partial charge in [-0.1, -0.05) is 0 Å². The molecule has 2 rings (SSSR count). The second-order valence-corrected chi connectivity index (χ2v) is 4.80. The van der Waals surface area contributed by atoms with Crippen molar-refractivity contribution in [3.05, 3.63) is 31.5 Å². The summed E-state index contributed by atoms with van der Waals surface area (Å²) in [6.45, 7) is 0.0710. The van der Waals surface area contributed by atoms with Crippen molar-refractivity contribution in [2.24, 2.45) is 0 Å². The van der Waals surface area contributed by atoms with Gasteiger partial charge < -0.3 is 9.84 Å². The fourth-order valence-corrected chi connectivity index (χ4v) is 2.24. The highest BCUT2D eigenvalue weighted by atomic mass is 79.9. The Balaban J connectivity index is 2.22. The molecule has 0 bridgehead atoms. The molecule has 2 N–H and O–H groups in total. The highest BCUT2D eigenvalue weighted by Crippen LogP contribution is 2.28. The van der Waals surface area contributed by atoms with E-state index in [1.807, 2.05) is 0 Å². The summed E-state index contributed by atoms with van der Waals surface area (Å²) < 4.78 is 7.29. The summed E-state index contributed by atoms with van der Waals surface area (Å²) in [6.07, 6.45) is 3.11. The van der Waals surface area contributed by atoms with Crippen LogP contribution in [0.1, 0.15) is 25.5 Å². The average molecular weight is 305 g/mol. The Morgan fingerprint density at radius 1 is 1.53 bits per heavy atom. The summed E-state index contributed by atoms with van der Waals surface area (Å²) in [4.78, 5) is 25.0. The van der Waals surface area contributed by atoms with Crippen molar-refractivity contribution in [2.75, 3.05) is 6.61 Å². The number of aliphatic hydroxyl groups is 1. The Labute approximate surface area is 105 Å². The van der Waals surface area contributed by atoms with Gasteiger partial charge in [-0.2, -0.15) is 0 Å². The van der Waals surface area contributed by atoms with Gasteiger partial charge in [-0.3, -0.25) is 14.3 Å². The van der Waals surface area contributed by atoms with E-state index in [0.29, 0.717) is 17.3 Å². The third-order valence-electron chi connectivity index (χ3n) is 2.77. The largest absolute Gasteiger partial charge is 0.396 e. The monoisotopic (exact) mass is 304 g/mol. The van der Waals surface area contributed by atoms with Crippen molar-refractivity contribution >= 4 is 15.9 Å². The number of hydrogen-bond donors (Lipinski definition) is 2. The smallest absolute Gasteiger partial charge is 0.330 e. The van der Waals surface area contributed by atoms with E-state index >= 15 is 0 Å². The van der Waals surface area contributed by atoms with Crippen molar-refractivity contribution in [1.82, 2.24) is 9.55 Å². The van der Waals surface area contributed by atoms with Crippen LogP contribution in [-0.4, -0.2) is 27.4 Å². The van der Waals surface area contributed by atoms with Gasteiger partial charge in [0.1, 0.15) is 6.23 Å². The SMILES string of the molecule is O=c1[nH]c(=O)n(C2CCC(CCO)O2)cc1Br. The molecule has 2 heterocycles. The summed E-state index contributed by atoms with van der Waals surface area (Å²) in [7, 11) is 0. The molecule has 17 heavy (non-hydrogen) atoms. The molecule has 0 aromatic carbocycles. The second kappa shape index (κ2) is 5.16. The Bertz CT molecular complexity index is 510. The third-order valence-corrected chi connectivity index (χ3v) is 3.34. The second-order valence-electron chi connectivity index (χ2n) is 3.95. The van der Waals surface area contributed by atoms with Crippen LogP contribution in [-0.2, 0) is 4.74 Å². The number of aromatic amines is 1.